The third kappa shape index (κ3) is 5.44. The molecule has 0 spiro atoms. The standard InChI is InChI=1S/C28H31FN4O2S/c1-20-5-2-8-23(17-20)30-28(35)32-12-4-11-31(14-15-32)26(34)19-33-13-9-25-24(10-16-36-25)27(33)21-6-3-7-22(29)18-21/h2-3,5-8,10,16-18,27H,4,9,11-15,19H2,1H3,(H,30,35). The number of hydrogen-bond donors (Lipinski definition) is 1. The Bertz CT molecular complexity index is 1250. The van der Waals surface area contributed by atoms with Crippen molar-refractivity contribution in [3.63, 3.8) is 0 Å². The van der Waals surface area contributed by atoms with Crippen LogP contribution in [0.4, 0.5) is 14.9 Å². The molecule has 8 heteroatoms. The first-order valence-corrected chi connectivity index (χ1v) is 13.3. The van der Waals surface area contributed by atoms with Crippen LogP contribution in [0.3, 0.4) is 0 Å². The molecular formula is C28H31FN4O2S. The molecule has 5 rings (SSSR count). The van der Waals surface area contributed by atoms with Crippen molar-refractivity contribution < 1.29 is 14.0 Å². The second kappa shape index (κ2) is 10.8. The number of nitrogens with zero attached hydrogens (tertiary/aromatic N) is 3. The minimum absolute atomic E-state index is 0.0519. The number of benzene rings is 2. The third-order valence-corrected chi connectivity index (χ3v) is 7.97. The Morgan fingerprint density at radius 1 is 1.00 bits per heavy atom. The van der Waals surface area contributed by atoms with E-state index in [-0.39, 0.29) is 30.3 Å². The number of urea groups is 1. The molecule has 6 nitrogen and oxygen atoms in total. The van der Waals surface area contributed by atoms with E-state index in [4.69, 9.17) is 0 Å². The van der Waals surface area contributed by atoms with Crippen molar-refractivity contribution in [1.82, 2.24) is 14.7 Å². The van der Waals surface area contributed by atoms with Crippen molar-refractivity contribution in [3.8, 4) is 0 Å². The van der Waals surface area contributed by atoms with Gasteiger partial charge in [0.25, 0.3) is 0 Å². The number of carbonyl (C=O) groups is 2. The molecule has 1 N–H and O–H groups in total. The van der Waals surface area contributed by atoms with Crippen molar-refractivity contribution in [1.29, 1.82) is 0 Å². The number of amides is 3. The molecule has 2 aliphatic rings. The second-order valence-electron chi connectivity index (χ2n) is 9.50. The molecule has 1 unspecified atom stereocenters. The molecule has 1 atom stereocenters. The number of hydrogen-bond acceptors (Lipinski definition) is 4. The maximum absolute atomic E-state index is 14.1. The van der Waals surface area contributed by atoms with Gasteiger partial charge in [0, 0.05) is 43.3 Å². The number of fused-ring (bicyclic) bond motifs is 1. The average molecular weight is 507 g/mol. The minimum Gasteiger partial charge on any atom is -0.340 e. The lowest BCUT2D eigenvalue weighted by atomic mass is 9.93. The molecule has 2 aromatic carbocycles. The SMILES string of the molecule is Cc1cccc(NC(=O)N2CCCN(C(=O)CN3CCc4sccc4C3c3cccc(F)c3)CC2)c1. The van der Waals surface area contributed by atoms with Crippen LogP contribution in [0.15, 0.2) is 60.0 Å². The van der Waals surface area contributed by atoms with Crippen molar-refractivity contribution in [2.45, 2.75) is 25.8 Å². The molecule has 36 heavy (non-hydrogen) atoms. The second-order valence-corrected chi connectivity index (χ2v) is 10.5. The molecule has 0 saturated carbocycles. The summed E-state index contributed by atoms with van der Waals surface area (Å²) in [5, 5.41) is 5.05. The zero-order chi connectivity index (χ0) is 25.1. The monoisotopic (exact) mass is 506 g/mol. The lowest BCUT2D eigenvalue weighted by molar-refractivity contribution is -0.132. The van der Waals surface area contributed by atoms with E-state index in [1.54, 1.807) is 28.4 Å². The lowest BCUT2D eigenvalue weighted by Gasteiger charge is -2.37. The summed E-state index contributed by atoms with van der Waals surface area (Å²) in [5.74, 6) is -0.214. The topological polar surface area (TPSA) is 55.9 Å². The average Bonchev–Trinajstić information content (AvgIpc) is 3.19. The molecule has 2 aliphatic heterocycles. The maximum atomic E-state index is 14.1. The number of nitrogens with one attached hydrogen (secondary N) is 1. The van der Waals surface area contributed by atoms with Gasteiger partial charge in [-0.3, -0.25) is 9.69 Å². The number of rotatable bonds is 4. The highest BCUT2D eigenvalue weighted by molar-refractivity contribution is 7.10. The molecule has 0 radical (unpaired) electrons. The first kappa shape index (κ1) is 24.5. The van der Waals surface area contributed by atoms with E-state index in [9.17, 15) is 14.0 Å². The summed E-state index contributed by atoms with van der Waals surface area (Å²) in [4.78, 5) is 33.3. The van der Waals surface area contributed by atoms with E-state index in [0.717, 1.165) is 36.2 Å². The summed E-state index contributed by atoms with van der Waals surface area (Å²) < 4.78 is 14.1. The number of anilines is 1. The van der Waals surface area contributed by atoms with E-state index in [1.807, 2.05) is 42.2 Å². The Morgan fingerprint density at radius 2 is 1.81 bits per heavy atom. The molecule has 1 saturated heterocycles. The Morgan fingerprint density at radius 3 is 2.64 bits per heavy atom. The van der Waals surface area contributed by atoms with Crippen molar-refractivity contribution in [3.05, 3.63) is 87.4 Å². The van der Waals surface area contributed by atoms with Crippen LogP contribution in [-0.4, -0.2) is 65.9 Å². The number of thiophene rings is 1. The Balaban J connectivity index is 1.24. The Labute approximate surface area is 215 Å². The van der Waals surface area contributed by atoms with Crippen LogP contribution in [-0.2, 0) is 11.2 Å². The fourth-order valence-electron chi connectivity index (χ4n) is 5.17. The summed E-state index contributed by atoms with van der Waals surface area (Å²) in [5.41, 5.74) is 3.90. The Hall–Kier alpha value is -3.23. The van der Waals surface area contributed by atoms with E-state index < -0.39 is 0 Å². The van der Waals surface area contributed by atoms with Crippen molar-refractivity contribution >= 4 is 29.0 Å². The molecule has 3 aromatic rings. The summed E-state index contributed by atoms with van der Waals surface area (Å²) in [7, 11) is 0. The van der Waals surface area contributed by atoms with Crippen LogP contribution in [0.2, 0.25) is 0 Å². The largest absolute Gasteiger partial charge is 0.340 e. The fourth-order valence-corrected chi connectivity index (χ4v) is 6.08. The zero-order valence-electron chi connectivity index (χ0n) is 20.5. The van der Waals surface area contributed by atoms with E-state index in [0.29, 0.717) is 26.2 Å². The summed E-state index contributed by atoms with van der Waals surface area (Å²) in [6.07, 6.45) is 1.62. The van der Waals surface area contributed by atoms with Gasteiger partial charge in [-0.15, -0.1) is 11.3 Å². The summed E-state index contributed by atoms with van der Waals surface area (Å²) in [6.45, 7) is 5.23. The van der Waals surface area contributed by atoms with Crippen LogP contribution >= 0.6 is 11.3 Å². The first-order valence-electron chi connectivity index (χ1n) is 12.4. The maximum Gasteiger partial charge on any atom is 0.321 e. The van der Waals surface area contributed by atoms with E-state index in [2.05, 4.69) is 21.7 Å². The van der Waals surface area contributed by atoms with Gasteiger partial charge in [0.1, 0.15) is 5.82 Å². The summed E-state index contributed by atoms with van der Waals surface area (Å²) in [6, 6.07) is 16.3. The van der Waals surface area contributed by atoms with Crippen LogP contribution in [0, 0.1) is 12.7 Å². The molecule has 1 aromatic heterocycles. The number of halogens is 1. The molecule has 3 amide bonds. The van der Waals surface area contributed by atoms with E-state index >= 15 is 0 Å². The van der Waals surface area contributed by atoms with Gasteiger partial charge in [-0.1, -0.05) is 24.3 Å². The van der Waals surface area contributed by atoms with Crippen LogP contribution < -0.4 is 5.32 Å². The van der Waals surface area contributed by atoms with Gasteiger partial charge in [0.05, 0.1) is 12.6 Å². The highest BCUT2D eigenvalue weighted by atomic mass is 32.1. The highest BCUT2D eigenvalue weighted by Crippen LogP contribution is 2.37. The molecule has 3 heterocycles. The van der Waals surface area contributed by atoms with Crippen molar-refractivity contribution in [2.75, 3.05) is 44.6 Å². The van der Waals surface area contributed by atoms with Crippen LogP contribution in [0.25, 0.3) is 0 Å². The van der Waals surface area contributed by atoms with Gasteiger partial charge in [0.15, 0.2) is 0 Å². The van der Waals surface area contributed by atoms with Gasteiger partial charge >= 0.3 is 6.03 Å². The number of aryl methyl sites for hydroxylation is 1. The predicted molar refractivity (Wildman–Crippen MR) is 141 cm³/mol. The molecule has 1 fully saturated rings. The first-order chi connectivity index (χ1) is 17.5. The minimum atomic E-state index is -0.266. The van der Waals surface area contributed by atoms with Gasteiger partial charge in [0.2, 0.25) is 5.91 Å². The predicted octanol–water partition coefficient (Wildman–Crippen LogP) is 4.91. The van der Waals surface area contributed by atoms with E-state index in [1.165, 1.54) is 16.5 Å². The third-order valence-electron chi connectivity index (χ3n) is 6.97. The lowest BCUT2D eigenvalue weighted by Crippen LogP contribution is -2.45. The zero-order valence-corrected chi connectivity index (χ0v) is 21.3. The molecule has 0 aliphatic carbocycles. The molecular weight excluding hydrogens is 475 g/mol. The number of carbonyl (C=O) groups excluding carboxylic acids is 2. The van der Waals surface area contributed by atoms with Crippen LogP contribution in [0.5, 0.6) is 0 Å². The van der Waals surface area contributed by atoms with Crippen LogP contribution in [0.1, 0.15) is 34.0 Å². The van der Waals surface area contributed by atoms with Gasteiger partial charge < -0.3 is 15.1 Å². The highest BCUT2D eigenvalue weighted by Gasteiger charge is 2.32. The van der Waals surface area contributed by atoms with Gasteiger partial charge in [-0.2, -0.15) is 0 Å². The summed E-state index contributed by atoms with van der Waals surface area (Å²) >= 11 is 1.72. The quantitative estimate of drug-likeness (QED) is 0.547. The van der Waals surface area contributed by atoms with Gasteiger partial charge in [-0.05, 0) is 72.2 Å². The molecule has 0 bridgehead atoms. The Kier molecular flexibility index (Phi) is 7.34. The van der Waals surface area contributed by atoms with Crippen molar-refractivity contribution in [2.24, 2.45) is 0 Å². The molecule has 188 valence electrons. The normalized spacial score (nSPS) is 18.4. The smallest absolute Gasteiger partial charge is 0.321 e. The van der Waals surface area contributed by atoms with Gasteiger partial charge in [-0.25, -0.2) is 9.18 Å². The fraction of sp³-hybridized carbons (Fsp3) is 0.357.